The van der Waals surface area contributed by atoms with Crippen molar-refractivity contribution in [3.8, 4) is 5.75 Å². The summed E-state index contributed by atoms with van der Waals surface area (Å²) in [4.78, 5) is 0. The van der Waals surface area contributed by atoms with E-state index in [1.54, 1.807) is 0 Å². The maximum atomic E-state index is 7.21. The lowest BCUT2D eigenvalue weighted by Gasteiger charge is -2.39. The summed E-state index contributed by atoms with van der Waals surface area (Å²) in [6, 6.07) is 13.9. The number of hydrogen-bond acceptors (Lipinski definition) is 1. The number of imidazole rings is 1. The van der Waals surface area contributed by atoms with E-state index >= 15 is 0 Å². The lowest BCUT2D eigenvalue weighted by Crippen LogP contribution is -2.69. The quantitative estimate of drug-likeness (QED) is 0.190. The molecule has 0 N–H and O–H groups in total. The van der Waals surface area contributed by atoms with E-state index in [4.69, 9.17) is 4.43 Å². The van der Waals surface area contributed by atoms with E-state index in [0.29, 0.717) is 23.0 Å². The molecule has 0 bridgehead atoms. The fourth-order valence-corrected chi connectivity index (χ4v) is 11.2. The van der Waals surface area contributed by atoms with Gasteiger partial charge in [0.25, 0.3) is 5.65 Å². The van der Waals surface area contributed by atoms with Crippen LogP contribution in [0.5, 0.6) is 5.75 Å². The van der Waals surface area contributed by atoms with Gasteiger partial charge in [0.15, 0.2) is 16.6 Å². The smallest absolute Gasteiger partial charge is 0.335 e. The molecule has 168 valence electrons. The molecule has 0 fully saturated rings. The Hall–Kier alpha value is -2.33. The SMILES string of the molecule is Cc1c2[n+]3c4c(cccc4c4cccc(C(C)C)c4c3n1C(C)C)O[Si]2(C(C)C)C(C)C. The maximum absolute atomic E-state index is 7.21. The molecule has 0 saturated heterocycles. The van der Waals surface area contributed by atoms with E-state index in [0.717, 1.165) is 5.75 Å². The number of para-hydroxylation sites is 1. The highest BCUT2D eigenvalue weighted by atomic mass is 28.4. The van der Waals surface area contributed by atoms with Gasteiger partial charge in [-0.15, -0.1) is 0 Å². The largest absolute Gasteiger partial charge is 0.532 e. The van der Waals surface area contributed by atoms with Crippen LogP contribution >= 0.6 is 0 Å². The molecule has 5 rings (SSSR count). The second-order valence-corrected chi connectivity index (χ2v) is 15.4. The second-order valence-electron chi connectivity index (χ2n) is 10.8. The summed E-state index contributed by atoms with van der Waals surface area (Å²) in [5, 5.41) is 5.52. The lowest BCUT2D eigenvalue weighted by atomic mass is 9.94. The Morgan fingerprint density at radius 2 is 1.47 bits per heavy atom. The predicted octanol–water partition coefficient (Wildman–Crippen LogP) is 6.91. The molecule has 0 spiro atoms. The van der Waals surface area contributed by atoms with E-state index in [9.17, 15) is 0 Å². The van der Waals surface area contributed by atoms with Gasteiger partial charge in [0.1, 0.15) is 5.69 Å². The Bertz CT molecular complexity index is 1370. The van der Waals surface area contributed by atoms with Crippen molar-refractivity contribution in [2.24, 2.45) is 0 Å². The molecule has 3 heterocycles. The molecule has 3 nitrogen and oxygen atoms in total. The normalized spacial score (nSPS) is 15.4. The molecule has 1 aliphatic heterocycles. The average Bonchev–Trinajstić information content (AvgIpc) is 3.05. The van der Waals surface area contributed by atoms with Gasteiger partial charge in [-0.2, -0.15) is 4.40 Å². The molecule has 32 heavy (non-hydrogen) atoms. The summed E-state index contributed by atoms with van der Waals surface area (Å²) in [5.41, 5.74) is 6.36. The number of rotatable bonds is 4. The van der Waals surface area contributed by atoms with Gasteiger partial charge in [0, 0.05) is 17.7 Å². The summed E-state index contributed by atoms with van der Waals surface area (Å²) in [7, 11) is -2.32. The third kappa shape index (κ3) is 2.50. The van der Waals surface area contributed by atoms with Crippen molar-refractivity contribution in [2.45, 2.75) is 85.4 Å². The van der Waals surface area contributed by atoms with Crippen molar-refractivity contribution in [1.82, 2.24) is 4.57 Å². The van der Waals surface area contributed by atoms with Crippen LogP contribution in [-0.4, -0.2) is 12.9 Å². The van der Waals surface area contributed by atoms with Gasteiger partial charge < -0.3 is 4.43 Å². The number of nitrogens with zero attached hydrogens (tertiary/aromatic N) is 2. The van der Waals surface area contributed by atoms with Gasteiger partial charge >= 0.3 is 8.32 Å². The molecule has 4 heteroatoms. The standard InChI is InChI=1S/C28H37N2OSi/c1-16(2)21-12-10-13-22-23-14-11-15-24-26(23)30-27(25(21)22)29(17(3)4)20(9)28(30)32(31-24,18(5)6)19(7)8/h10-19H,1-9H3/q+1. The monoisotopic (exact) mass is 445 g/mol. The zero-order chi connectivity index (χ0) is 23.1. The van der Waals surface area contributed by atoms with Crippen molar-refractivity contribution in [3.63, 3.8) is 0 Å². The Balaban J connectivity index is 2.19. The van der Waals surface area contributed by atoms with Crippen LogP contribution in [0.3, 0.4) is 0 Å². The van der Waals surface area contributed by atoms with Gasteiger partial charge in [-0.25, -0.2) is 4.57 Å². The highest BCUT2D eigenvalue weighted by Crippen LogP contribution is 2.43. The van der Waals surface area contributed by atoms with Crippen molar-refractivity contribution in [3.05, 3.63) is 47.7 Å². The molecule has 4 aromatic rings. The van der Waals surface area contributed by atoms with Gasteiger partial charge in [-0.05, 0) is 48.5 Å². The molecule has 2 aromatic carbocycles. The topological polar surface area (TPSA) is 18.3 Å². The number of hydrogen-bond donors (Lipinski definition) is 0. The third-order valence-corrected chi connectivity index (χ3v) is 13.0. The Kier molecular flexibility index (Phi) is 4.76. The van der Waals surface area contributed by atoms with Gasteiger partial charge in [0.05, 0.1) is 11.4 Å². The molecule has 0 atom stereocenters. The first-order chi connectivity index (χ1) is 15.1. The highest BCUT2D eigenvalue weighted by molar-refractivity contribution is 6.88. The molecular weight excluding hydrogens is 408 g/mol. The zero-order valence-corrected chi connectivity index (χ0v) is 22.1. The van der Waals surface area contributed by atoms with E-state index in [-0.39, 0.29) is 0 Å². The fourth-order valence-electron chi connectivity index (χ4n) is 6.45. The first kappa shape index (κ1) is 21.5. The van der Waals surface area contributed by atoms with E-state index in [1.165, 1.54) is 43.9 Å². The second kappa shape index (κ2) is 7.08. The summed E-state index contributed by atoms with van der Waals surface area (Å²) >= 11 is 0. The highest BCUT2D eigenvalue weighted by Gasteiger charge is 2.56. The van der Waals surface area contributed by atoms with Crippen molar-refractivity contribution in [1.29, 1.82) is 0 Å². The maximum Gasteiger partial charge on any atom is 0.335 e. The molecule has 0 radical (unpaired) electrons. The Morgan fingerprint density at radius 1 is 0.844 bits per heavy atom. The van der Waals surface area contributed by atoms with Crippen LogP contribution in [0.2, 0.25) is 11.1 Å². The molecule has 0 aliphatic carbocycles. The van der Waals surface area contributed by atoms with Crippen LogP contribution < -0.4 is 14.1 Å². The van der Waals surface area contributed by atoms with Gasteiger partial charge in [-0.3, -0.25) is 0 Å². The lowest BCUT2D eigenvalue weighted by molar-refractivity contribution is -0.463. The van der Waals surface area contributed by atoms with Crippen LogP contribution in [0.25, 0.3) is 27.3 Å². The molecule has 0 unspecified atom stereocenters. The number of aromatic nitrogens is 2. The summed E-state index contributed by atoms with van der Waals surface area (Å²) < 4.78 is 12.5. The van der Waals surface area contributed by atoms with E-state index in [1.807, 2.05) is 0 Å². The average molecular weight is 446 g/mol. The zero-order valence-electron chi connectivity index (χ0n) is 21.1. The third-order valence-electron chi connectivity index (χ3n) is 7.70. The predicted molar refractivity (Wildman–Crippen MR) is 138 cm³/mol. The molecule has 1 aliphatic rings. The van der Waals surface area contributed by atoms with E-state index < -0.39 is 8.32 Å². The van der Waals surface area contributed by atoms with Crippen molar-refractivity contribution < 1.29 is 8.83 Å². The number of benzene rings is 2. The Morgan fingerprint density at radius 3 is 2.06 bits per heavy atom. The molecule has 0 saturated carbocycles. The first-order valence-corrected chi connectivity index (χ1v) is 14.3. The van der Waals surface area contributed by atoms with Crippen LogP contribution in [0.4, 0.5) is 0 Å². The van der Waals surface area contributed by atoms with Crippen LogP contribution in [0.1, 0.15) is 78.6 Å². The molecular formula is C28H37N2OSi+. The summed E-state index contributed by atoms with van der Waals surface area (Å²) in [6.45, 7) is 21.1. The van der Waals surface area contributed by atoms with Gasteiger partial charge in [0.2, 0.25) is 0 Å². The van der Waals surface area contributed by atoms with Crippen LogP contribution in [0, 0.1) is 6.92 Å². The minimum atomic E-state index is -2.32. The Labute approximate surface area is 193 Å². The molecule has 0 amide bonds. The molecule has 2 aromatic heterocycles. The minimum Gasteiger partial charge on any atom is -0.532 e. The first-order valence-electron chi connectivity index (χ1n) is 12.3. The minimum absolute atomic E-state index is 0.371. The number of pyridine rings is 1. The fraction of sp³-hybridized carbons (Fsp3) is 0.464. The number of fused-ring (bicyclic) bond motifs is 3. The van der Waals surface area contributed by atoms with Crippen molar-refractivity contribution >= 4 is 41.0 Å². The summed E-state index contributed by atoms with van der Waals surface area (Å²) in [5.74, 6) is 1.52. The summed E-state index contributed by atoms with van der Waals surface area (Å²) in [6.07, 6.45) is 0. The van der Waals surface area contributed by atoms with Crippen molar-refractivity contribution in [2.75, 3.05) is 0 Å². The van der Waals surface area contributed by atoms with Gasteiger partial charge in [-0.1, -0.05) is 65.8 Å². The van der Waals surface area contributed by atoms with Crippen LogP contribution in [-0.2, 0) is 0 Å². The van der Waals surface area contributed by atoms with E-state index in [2.05, 4.69) is 108 Å². The van der Waals surface area contributed by atoms with Crippen LogP contribution in [0.15, 0.2) is 36.4 Å².